The Morgan fingerprint density at radius 1 is 1.20 bits per heavy atom. The molecule has 9 heteroatoms. The lowest BCUT2D eigenvalue weighted by Gasteiger charge is -2.18. The molecular formula is C21H18N6O3. The molecule has 4 rings (SSSR count). The molecule has 1 N–H and O–H groups in total. The van der Waals surface area contributed by atoms with Gasteiger partial charge in [-0.15, -0.1) is 0 Å². The number of carbonyl (C=O) groups excluding carboxylic acids is 1. The lowest BCUT2D eigenvalue weighted by atomic mass is 10.1. The van der Waals surface area contributed by atoms with E-state index in [4.69, 9.17) is 0 Å². The molecule has 150 valence electrons. The van der Waals surface area contributed by atoms with Crippen LogP contribution in [0.1, 0.15) is 21.5 Å². The number of fused-ring (bicyclic) bond motifs is 1. The highest BCUT2D eigenvalue weighted by molar-refractivity contribution is 6.07. The smallest absolute Gasteiger partial charge is 0.332 e. The van der Waals surface area contributed by atoms with Gasteiger partial charge in [-0.05, 0) is 42.3 Å². The molecule has 1 aromatic carbocycles. The Morgan fingerprint density at radius 2 is 2.00 bits per heavy atom. The van der Waals surface area contributed by atoms with E-state index in [-0.39, 0.29) is 17.3 Å². The molecule has 0 spiro atoms. The molecule has 0 saturated carbocycles. The maximum absolute atomic E-state index is 12.8. The number of carbonyl (C=O) groups is 1. The molecular weight excluding hydrogens is 384 g/mol. The summed E-state index contributed by atoms with van der Waals surface area (Å²) in [6.45, 7) is 0.542. The molecule has 0 radical (unpaired) electrons. The maximum atomic E-state index is 12.8. The Labute approximate surface area is 171 Å². The molecule has 2 aromatic heterocycles. The highest BCUT2D eigenvalue weighted by Crippen LogP contribution is 2.32. The van der Waals surface area contributed by atoms with Crippen LogP contribution in [0.3, 0.4) is 0 Å². The SMILES string of the molecule is Cn1c(Nc2ccc3c(c2)CCN3C(=O)c2cccnc2)c(C#N)c(=O)n(C)c1=O. The van der Waals surface area contributed by atoms with Crippen LogP contribution in [0.25, 0.3) is 0 Å². The third kappa shape index (κ3) is 3.04. The average molecular weight is 402 g/mol. The number of benzene rings is 1. The minimum atomic E-state index is -0.655. The Morgan fingerprint density at radius 3 is 2.70 bits per heavy atom. The number of amides is 1. The first-order chi connectivity index (χ1) is 14.4. The van der Waals surface area contributed by atoms with Crippen molar-refractivity contribution in [1.29, 1.82) is 5.26 Å². The molecule has 0 unspecified atom stereocenters. The second kappa shape index (κ2) is 7.33. The van der Waals surface area contributed by atoms with Gasteiger partial charge in [0.15, 0.2) is 5.56 Å². The van der Waals surface area contributed by atoms with Gasteiger partial charge in [0.05, 0.1) is 5.56 Å². The van der Waals surface area contributed by atoms with Gasteiger partial charge >= 0.3 is 5.69 Å². The molecule has 3 heterocycles. The second-order valence-corrected chi connectivity index (χ2v) is 6.96. The summed E-state index contributed by atoms with van der Waals surface area (Å²) in [4.78, 5) is 43.0. The van der Waals surface area contributed by atoms with Gasteiger partial charge in [0, 0.05) is 44.4 Å². The van der Waals surface area contributed by atoms with E-state index in [9.17, 15) is 19.6 Å². The highest BCUT2D eigenvalue weighted by Gasteiger charge is 2.26. The Hall–Kier alpha value is -4.19. The van der Waals surface area contributed by atoms with E-state index < -0.39 is 11.2 Å². The van der Waals surface area contributed by atoms with Crippen molar-refractivity contribution in [2.45, 2.75) is 6.42 Å². The first-order valence-electron chi connectivity index (χ1n) is 9.24. The normalized spacial score (nSPS) is 12.4. The number of aromatic nitrogens is 3. The van der Waals surface area contributed by atoms with Gasteiger partial charge in [-0.25, -0.2) is 4.79 Å². The van der Waals surface area contributed by atoms with Crippen molar-refractivity contribution >= 4 is 23.1 Å². The van der Waals surface area contributed by atoms with E-state index in [2.05, 4.69) is 10.3 Å². The van der Waals surface area contributed by atoms with Gasteiger partial charge in [-0.1, -0.05) is 0 Å². The summed E-state index contributed by atoms with van der Waals surface area (Å²) in [6.07, 6.45) is 3.82. The topological polar surface area (TPSA) is 113 Å². The largest absolute Gasteiger partial charge is 0.340 e. The molecule has 0 aliphatic carbocycles. The van der Waals surface area contributed by atoms with Gasteiger partial charge in [0.1, 0.15) is 11.9 Å². The molecule has 1 aliphatic rings. The zero-order valence-corrected chi connectivity index (χ0v) is 16.4. The molecule has 1 aliphatic heterocycles. The molecule has 30 heavy (non-hydrogen) atoms. The molecule has 1 amide bonds. The molecule has 9 nitrogen and oxygen atoms in total. The van der Waals surface area contributed by atoms with Gasteiger partial charge in [-0.3, -0.25) is 23.7 Å². The Kier molecular flexibility index (Phi) is 4.68. The second-order valence-electron chi connectivity index (χ2n) is 6.96. The summed E-state index contributed by atoms with van der Waals surface area (Å²) >= 11 is 0. The maximum Gasteiger partial charge on any atom is 0.332 e. The molecule has 0 saturated heterocycles. The number of nitrogens with one attached hydrogen (secondary N) is 1. The molecule has 3 aromatic rings. The fourth-order valence-corrected chi connectivity index (χ4v) is 3.56. The van der Waals surface area contributed by atoms with Crippen molar-refractivity contribution in [2.24, 2.45) is 14.1 Å². The van der Waals surface area contributed by atoms with Crippen LogP contribution in [0, 0.1) is 11.3 Å². The number of hydrogen-bond donors (Lipinski definition) is 1. The zero-order chi connectivity index (χ0) is 21.4. The van der Waals surface area contributed by atoms with Crippen LogP contribution in [0.15, 0.2) is 52.3 Å². The quantitative estimate of drug-likeness (QED) is 0.707. The van der Waals surface area contributed by atoms with Gasteiger partial charge in [-0.2, -0.15) is 5.26 Å². The third-order valence-corrected chi connectivity index (χ3v) is 5.17. The highest BCUT2D eigenvalue weighted by atomic mass is 16.2. The average Bonchev–Trinajstić information content (AvgIpc) is 3.19. The van der Waals surface area contributed by atoms with Crippen molar-refractivity contribution in [2.75, 3.05) is 16.8 Å². The van der Waals surface area contributed by atoms with Crippen LogP contribution in [0.2, 0.25) is 0 Å². The van der Waals surface area contributed by atoms with E-state index in [1.54, 1.807) is 29.3 Å². The summed E-state index contributed by atoms with van der Waals surface area (Å²) in [5.41, 5.74) is 1.55. The lowest BCUT2D eigenvalue weighted by molar-refractivity contribution is 0.0989. The summed E-state index contributed by atoms with van der Waals surface area (Å²) in [5.74, 6) is 0.00937. The number of nitrogens with zero attached hydrogens (tertiary/aromatic N) is 5. The minimum Gasteiger partial charge on any atom is -0.340 e. The van der Waals surface area contributed by atoms with Crippen molar-refractivity contribution in [3.05, 3.63) is 80.3 Å². The van der Waals surface area contributed by atoms with Crippen molar-refractivity contribution in [3.63, 3.8) is 0 Å². The number of hydrogen-bond acceptors (Lipinski definition) is 6. The number of pyridine rings is 1. The predicted molar refractivity (Wildman–Crippen MR) is 111 cm³/mol. The Bertz CT molecular complexity index is 1320. The van der Waals surface area contributed by atoms with Gasteiger partial charge < -0.3 is 10.2 Å². The molecule has 0 bridgehead atoms. The van der Waals surface area contributed by atoms with Crippen LogP contribution in [0.4, 0.5) is 17.2 Å². The van der Waals surface area contributed by atoms with Crippen molar-refractivity contribution < 1.29 is 4.79 Å². The van der Waals surface area contributed by atoms with E-state index in [1.807, 2.05) is 18.2 Å². The zero-order valence-electron chi connectivity index (χ0n) is 16.4. The number of nitriles is 1. The monoisotopic (exact) mass is 402 g/mol. The van der Waals surface area contributed by atoms with E-state index in [0.717, 1.165) is 15.8 Å². The predicted octanol–water partition coefficient (Wildman–Crippen LogP) is 1.30. The summed E-state index contributed by atoms with van der Waals surface area (Å²) in [7, 11) is 2.82. The summed E-state index contributed by atoms with van der Waals surface area (Å²) in [6, 6.07) is 10.7. The number of rotatable bonds is 3. The molecule has 0 atom stereocenters. The van der Waals surface area contributed by atoms with Crippen molar-refractivity contribution in [3.8, 4) is 6.07 Å². The summed E-state index contributed by atoms with van der Waals surface area (Å²) in [5, 5.41) is 12.4. The van der Waals surface area contributed by atoms with E-state index in [0.29, 0.717) is 24.2 Å². The van der Waals surface area contributed by atoms with E-state index >= 15 is 0 Å². The fraction of sp³-hybridized carbons (Fsp3) is 0.190. The van der Waals surface area contributed by atoms with Crippen LogP contribution in [0.5, 0.6) is 0 Å². The van der Waals surface area contributed by atoms with Crippen molar-refractivity contribution in [1.82, 2.24) is 14.1 Å². The van der Waals surface area contributed by atoms with E-state index in [1.165, 1.54) is 24.9 Å². The fourth-order valence-electron chi connectivity index (χ4n) is 3.56. The van der Waals surface area contributed by atoms with Crippen LogP contribution < -0.4 is 21.5 Å². The van der Waals surface area contributed by atoms with Crippen LogP contribution >= 0.6 is 0 Å². The first kappa shape index (κ1) is 19.1. The summed E-state index contributed by atoms with van der Waals surface area (Å²) < 4.78 is 2.12. The van der Waals surface area contributed by atoms with Gasteiger partial charge in [0.25, 0.3) is 11.5 Å². The standard InChI is InChI=1S/C21H18N6O3/c1-25-18(16(11-22)20(29)26(2)21(25)30)24-15-5-6-17-13(10-15)7-9-27(17)19(28)14-4-3-8-23-12-14/h3-6,8,10,12,24H,7,9H2,1-2H3. The van der Waals surface area contributed by atoms with Crippen LogP contribution in [-0.4, -0.2) is 26.6 Å². The van der Waals surface area contributed by atoms with Crippen LogP contribution in [-0.2, 0) is 20.5 Å². The molecule has 0 fully saturated rings. The Balaban J connectivity index is 1.68. The minimum absolute atomic E-state index is 0.122. The first-order valence-corrected chi connectivity index (χ1v) is 9.24. The third-order valence-electron chi connectivity index (χ3n) is 5.17. The lowest BCUT2D eigenvalue weighted by Crippen LogP contribution is -2.39. The van der Waals surface area contributed by atoms with Gasteiger partial charge in [0.2, 0.25) is 0 Å². The number of anilines is 3.